The van der Waals surface area contributed by atoms with Crippen molar-refractivity contribution < 1.29 is 14.3 Å². The highest BCUT2D eigenvalue weighted by Gasteiger charge is 2.60. The van der Waals surface area contributed by atoms with Gasteiger partial charge < -0.3 is 10.5 Å². The molecule has 0 bridgehead atoms. The molecule has 4 nitrogen and oxygen atoms in total. The van der Waals surface area contributed by atoms with Gasteiger partial charge in [0.25, 0.3) is 0 Å². The summed E-state index contributed by atoms with van der Waals surface area (Å²) in [6, 6.07) is 9.32. The zero-order valence-electron chi connectivity index (χ0n) is 19.5. The molecule has 0 heterocycles. The number of fused-ring (bicyclic) bond motifs is 5. The largest absolute Gasteiger partial charge is 0.461 e. The highest BCUT2D eigenvalue weighted by Crippen LogP contribution is 2.65. The van der Waals surface area contributed by atoms with E-state index in [1.807, 2.05) is 36.4 Å². The number of ether oxygens (including phenoxy) is 1. The highest BCUT2D eigenvalue weighted by atomic mass is 16.5. The van der Waals surface area contributed by atoms with Crippen LogP contribution in [0.15, 0.2) is 42.0 Å². The van der Waals surface area contributed by atoms with E-state index in [0.717, 1.165) is 37.7 Å². The lowest BCUT2D eigenvalue weighted by atomic mass is 9.47. The van der Waals surface area contributed by atoms with E-state index >= 15 is 0 Å². The quantitative estimate of drug-likeness (QED) is 0.676. The Morgan fingerprint density at radius 3 is 2.62 bits per heavy atom. The number of carbonyl (C=O) groups excluding carboxylic acids is 2. The first-order valence-electron chi connectivity index (χ1n) is 12.5. The summed E-state index contributed by atoms with van der Waals surface area (Å²) in [5, 5.41) is 0. The molecular weight excluding hydrogens is 398 g/mol. The van der Waals surface area contributed by atoms with Gasteiger partial charge in [-0.1, -0.05) is 49.8 Å². The number of ketones is 1. The van der Waals surface area contributed by atoms with Crippen LogP contribution in [-0.4, -0.2) is 23.9 Å². The van der Waals surface area contributed by atoms with Gasteiger partial charge in [0.15, 0.2) is 5.78 Å². The van der Waals surface area contributed by atoms with E-state index in [0.29, 0.717) is 36.4 Å². The van der Waals surface area contributed by atoms with Crippen LogP contribution in [0.4, 0.5) is 0 Å². The van der Waals surface area contributed by atoms with E-state index < -0.39 is 6.04 Å². The molecule has 3 saturated carbocycles. The van der Waals surface area contributed by atoms with Gasteiger partial charge in [-0.15, -0.1) is 0 Å². The first-order valence-corrected chi connectivity index (χ1v) is 12.5. The minimum absolute atomic E-state index is 0.0274. The van der Waals surface area contributed by atoms with Crippen LogP contribution >= 0.6 is 0 Å². The fourth-order valence-corrected chi connectivity index (χ4v) is 7.88. The molecule has 3 fully saturated rings. The Morgan fingerprint density at radius 2 is 1.84 bits per heavy atom. The summed E-state index contributed by atoms with van der Waals surface area (Å²) in [7, 11) is 0. The molecular formula is C28H37NO3. The number of rotatable bonds is 4. The predicted octanol–water partition coefficient (Wildman–Crippen LogP) is 5.00. The second-order valence-electron chi connectivity index (χ2n) is 11.3. The Bertz CT molecular complexity index is 924. The second kappa shape index (κ2) is 8.13. The smallest absolute Gasteiger partial charge is 0.323 e. The van der Waals surface area contributed by atoms with Crippen LogP contribution in [0.5, 0.6) is 0 Å². The van der Waals surface area contributed by atoms with Crippen LogP contribution < -0.4 is 5.73 Å². The van der Waals surface area contributed by atoms with E-state index in [2.05, 4.69) is 13.8 Å². The van der Waals surface area contributed by atoms with Gasteiger partial charge in [0.1, 0.15) is 12.1 Å². The van der Waals surface area contributed by atoms with Gasteiger partial charge in [-0.05, 0) is 86.2 Å². The molecule has 1 aromatic rings. The van der Waals surface area contributed by atoms with Crippen LogP contribution in [0.2, 0.25) is 0 Å². The third-order valence-corrected chi connectivity index (χ3v) is 9.73. The van der Waals surface area contributed by atoms with Crippen molar-refractivity contribution in [2.75, 3.05) is 0 Å². The van der Waals surface area contributed by atoms with E-state index in [1.54, 1.807) is 0 Å². The van der Waals surface area contributed by atoms with E-state index in [4.69, 9.17) is 10.5 Å². The number of carbonyl (C=O) groups is 2. The molecule has 0 spiro atoms. The maximum absolute atomic E-state index is 12.9. The van der Waals surface area contributed by atoms with Crippen molar-refractivity contribution in [3.63, 3.8) is 0 Å². The summed E-state index contributed by atoms with van der Waals surface area (Å²) < 4.78 is 6.12. The molecule has 0 amide bonds. The number of hydrogen-bond acceptors (Lipinski definition) is 4. The standard InChI is InChI=1S/C28H37NO3/c1-27-14-12-20(30)17-19(27)8-9-21-22-10-11-25(28(22,2)15-13-23(21)27)32-26(31)24(29)16-18-6-4-3-5-7-18/h3-7,17,21-25H,8-16,29H2,1-2H3. The number of allylic oxidation sites excluding steroid dienone is 1. The third kappa shape index (κ3) is 3.55. The van der Waals surface area contributed by atoms with Crippen LogP contribution in [-0.2, 0) is 20.7 Å². The second-order valence-corrected chi connectivity index (χ2v) is 11.3. The minimum Gasteiger partial charge on any atom is -0.461 e. The summed E-state index contributed by atoms with van der Waals surface area (Å²) >= 11 is 0. The lowest BCUT2D eigenvalue weighted by Gasteiger charge is -2.57. The molecule has 0 aromatic heterocycles. The zero-order valence-corrected chi connectivity index (χ0v) is 19.5. The Kier molecular flexibility index (Phi) is 5.56. The Hall–Kier alpha value is -1.94. The molecule has 1 aromatic carbocycles. The molecule has 4 aliphatic rings. The number of hydrogen-bond donors (Lipinski definition) is 1. The first-order chi connectivity index (χ1) is 15.3. The predicted molar refractivity (Wildman–Crippen MR) is 125 cm³/mol. The summed E-state index contributed by atoms with van der Waals surface area (Å²) in [6.45, 7) is 4.78. The Morgan fingerprint density at radius 1 is 1.06 bits per heavy atom. The normalized spacial score (nSPS) is 39.3. The van der Waals surface area contributed by atoms with Crippen LogP contribution in [0.25, 0.3) is 0 Å². The van der Waals surface area contributed by atoms with Crippen molar-refractivity contribution in [2.45, 2.75) is 83.8 Å². The number of esters is 1. The average Bonchev–Trinajstić information content (AvgIpc) is 3.11. The van der Waals surface area contributed by atoms with Gasteiger partial charge in [-0.2, -0.15) is 0 Å². The molecule has 4 aliphatic carbocycles. The summed E-state index contributed by atoms with van der Waals surface area (Å²) in [4.78, 5) is 24.9. The minimum atomic E-state index is -0.613. The van der Waals surface area contributed by atoms with E-state index in [1.165, 1.54) is 18.4 Å². The maximum atomic E-state index is 12.9. The average molecular weight is 436 g/mol. The number of nitrogens with two attached hydrogens (primary N) is 1. The van der Waals surface area contributed by atoms with Crippen molar-refractivity contribution in [1.29, 1.82) is 0 Å². The van der Waals surface area contributed by atoms with Crippen molar-refractivity contribution in [1.82, 2.24) is 0 Å². The van der Waals surface area contributed by atoms with Crippen LogP contribution in [0.1, 0.15) is 70.8 Å². The van der Waals surface area contributed by atoms with Crippen LogP contribution in [0.3, 0.4) is 0 Å². The molecule has 32 heavy (non-hydrogen) atoms. The van der Waals surface area contributed by atoms with Crippen LogP contribution in [0, 0.1) is 28.6 Å². The van der Waals surface area contributed by atoms with Gasteiger partial charge >= 0.3 is 5.97 Å². The van der Waals surface area contributed by atoms with Crippen molar-refractivity contribution in [2.24, 2.45) is 34.3 Å². The van der Waals surface area contributed by atoms with Gasteiger partial charge in [0.2, 0.25) is 0 Å². The molecule has 0 aliphatic heterocycles. The molecule has 0 radical (unpaired) electrons. The van der Waals surface area contributed by atoms with Gasteiger partial charge in [0.05, 0.1) is 0 Å². The van der Waals surface area contributed by atoms with Gasteiger partial charge in [-0.25, -0.2) is 0 Å². The molecule has 0 saturated heterocycles. The van der Waals surface area contributed by atoms with Crippen molar-refractivity contribution >= 4 is 11.8 Å². The van der Waals surface area contributed by atoms with Gasteiger partial charge in [-0.3, -0.25) is 9.59 Å². The molecule has 4 heteroatoms. The summed E-state index contributed by atoms with van der Waals surface area (Å²) in [5.74, 6) is 1.99. The van der Waals surface area contributed by atoms with E-state index in [9.17, 15) is 9.59 Å². The monoisotopic (exact) mass is 435 g/mol. The lowest BCUT2D eigenvalue weighted by molar-refractivity contribution is -0.161. The number of benzene rings is 1. The molecule has 2 N–H and O–H groups in total. The van der Waals surface area contributed by atoms with Gasteiger partial charge in [0, 0.05) is 11.8 Å². The van der Waals surface area contributed by atoms with Crippen molar-refractivity contribution in [3.8, 4) is 0 Å². The molecule has 7 unspecified atom stereocenters. The Labute approximate surface area is 192 Å². The third-order valence-electron chi connectivity index (χ3n) is 9.73. The highest BCUT2D eigenvalue weighted by molar-refractivity contribution is 5.91. The fraction of sp³-hybridized carbons (Fsp3) is 0.643. The Balaban J connectivity index is 1.28. The molecule has 172 valence electrons. The lowest BCUT2D eigenvalue weighted by Crippen LogP contribution is -2.52. The fourth-order valence-electron chi connectivity index (χ4n) is 7.88. The maximum Gasteiger partial charge on any atom is 0.323 e. The topological polar surface area (TPSA) is 69.4 Å². The summed E-state index contributed by atoms with van der Waals surface area (Å²) in [5.41, 5.74) is 8.95. The SMILES string of the molecule is CC12CCC(=O)C=C1CCC1C2CCC2(C)C(OC(=O)C(N)Cc3ccccc3)CCC12. The molecule has 5 rings (SSSR count). The van der Waals surface area contributed by atoms with Crippen molar-refractivity contribution in [3.05, 3.63) is 47.5 Å². The summed E-state index contributed by atoms with van der Waals surface area (Å²) in [6.07, 6.45) is 10.8. The first kappa shape index (κ1) is 21.9. The van der Waals surface area contributed by atoms with E-state index in [-0.39, 0.29) is 22.9 Å². The molecule has 7 atom stereocenters. The zero-order chi connectivity index (χ0) is 22.5.